The Kier molecular flexibility index (Phi) is 5.63. The normalized spacial score (nSPS) is 19.2. The monoisotopic (exact) mass is 225 g/mol. The zero-order valence-corrected chi connectivity index (χ0v) is 10.1. The number of amides is 1. The maximum Gasteiger partial charge on any atom is 0.221 e. The highest BCUT2D eigenvalue weighted by atomic mass is 32.2. The molecule has 3 heteroatoms. The zero-order valence-electron chi connectivity index (χ0n) is 9.29. The molecule has 1 atom stereocenters. The Hall–Kier alpha value is -0.620. The summed E-state index contributed by atoms with van der Waals surface area (Å²) in [5.74, 6) is 5.67. The number of thioether (sulfide) groups is 1. The van der Waals surface area contributed by atoms with Gasteiger partial charge in [0.25, 0.3) is 0 Å². The van der Waals surface area contributed by atoms with Gasteiger partial charge in [0.15, 0.2) is 0 Å². The molecule has 0 aromatic rings. The minimum atomic E-state index is -0.0875. The molecule has 1 N–H and O–H groups in total. The summed E-state index contributed by atoms with van der Waals surface area (Å²) in [4.78, 5) is 11.6. The Labute approximate surface area is 96.6 Å². The van der Waals surface area contributed by atoms with E-state index in [2.05, 4.69) is 11.2 Å². The van der Waals surface area contributed by atoms with Crippen LogP contribution in [0.4, 0.5) is 0 Å². The first-order valence-corrected chi connectivity index (χ1v) is 6.75. The second kappa shape index (κ2) is 6.79. The fourth-order valence-electron chi connectivity index (χ4n) is 1.73. The molecule has 1 aliphatic heterocycles. The Morgan fingerprint density at radius 2 is 2.27 bits per heavy atom. The molecule has 2 nitrogen and oxygen atoms in total. The van der Waals surface area contributed by atoms with E-state index in [0.29, 0.717) is 12.3 Å². The molecule has 0 spiro atoms. The van der Waals surface area contributed by atoms with Gasteiger partial charge in [-0.3, -0.25) is 4.79 Å². The first-order chi connectivity index (χ1) is 7.26. The summed E-state index contributed by atoms with van der Waals surface area (Å²) in [6, 6.07) is -0.0875. The van der Waals surface area contributed by atoms with E-state index >= 15 is 0 Å². The van der Waals surface area contributed by atoms with Crippen molar-refractivity contribution in [3.8, 4) is 12.3 Å². The Morgan fingerprint density at radius 3 is 2.80 bits per heavy atom. The molecule has 1 amide bonds. The van der Waals surface area contributed by atoms with Crippen LogP contribution in [-0.2, 0) is 4.79 Å². The fraction of sp³-hybridized carbons (Fsp3) is 0.750. The lowest BCUT2D eigenvalue weighted by molar-refractivity contribution is -0.122. The highest BCUT2D eigenvalue weighted by Gasteiger charge is 2.18. The van der Waals surface area contributed by atoms with E-state index in [9.17, 15) is 4.79 Å². The number of terminal acetylenes is 1. The summed E-state index contributed by atoms with van der Waals surface area (Å²) in [5, 5.41) is 2.88. The highest BCUT2D eigenvalue weighted by molar-refractivity contribution is 7.99. The molecular formula is C12H19NOS. The molecule has 1 aliphatic rings. The first kappa shape index (κ1) is 12.4. The Morgan fingerprint density at radius 1 is 1.60 bits per heavy atom. The van der Waals surface area contributed by atoms with Crippen LogP contribution in [0.2, 0.25) is 0 Å². The molecule has 1 saturated heterocycles. The molecule has 1 heterocycles. The molecule has 0 aliphatic carbocycles. The highest BCUT2D eigenvalue weighted by Crippen LogP contribution is 2.25. The number of carbonyl (C=O) groups excluding carboxylic acids is 1. The summed E-state index contributed by atoms with van der Waals surface area (Å²) in [5.41, 5.74) is 0. The Balaban J connectivity index is 2.25. The SMILES string of the molecule is C#CC(CC)NC(=O)CC1CCSCC1. The summed E-state index contributed by atoms with van der Waals surface area (Å²) < 4.78 is 0. The molecule has 15 heavy (non-hydrogen) atoms. The van der Waals surface area contributed by atoms with Crippen LogP contribution in [0, 0.1) is 18.3 Å². The second-order valence-electron chi connectivity index (χ2n) is 3.95. The van der Waals surface area contributed by atoms with Crippen molar-refractivity contribution in [1.82, 2.24) is 5.32 Å². The summed E-state index contributed by atoms with van der Waals surface area (Å²) in [6.45, 7) is 1.99. The van der Waals surface area contributed by atoms with Crippen molar-refractivity contribution in [2.45, 2.75) is 38.6 Å². The quantitative estimate of drug-likeness (QED) is 0.742. The van der Waals surface area contributed by atoms with E-state index in [0.717, 1.165) is 6.42 Å². The lowest BCUT2D eigenvalue weighted by Crippen LogP contribution is -2.34. The molecule has 0 radical (unpaired) electrons. The van der Waals surface area contributed by atoms with Crippen LogP contribution in [-0.4, -0.2) is 23.5 Å². The zero-order chi connectivity index (χ0) is 11.1. The number of hydrogen-bond acceptors (Lipinski definition) is 2. The van der Waals surface area contributed by atoms with E-state index in [-0.39, 0.29) is 11.9 Å². The van der Waals surface area contributed by atoms with Gasteiger partial charge >= 0.3 is 0 Å². The van der Waals surface area contributed by atoms with Gasteiger partial charge in [0.2, 0.25) is 5.91 Å². The van der Waals surface area contributed by atoms with Gasteiger partial charge in [-0.05, 0) is 36.7 Å². The van der Waals surface area contributed by atoms with E-state index in [1.165, 1.54) is 24.3 Å². The average Bonchev–Trinajstić information content (AvgIpc) is 2.27. The van der Waals surface area contributed by atoms with Crippen molar-refractivity contribution < 1.29 is 4.79 Å². The van der Waals surface area contributed by atoms with Crippen LogP contribution >= 0.6 is 11.8 Å². The topological polar surface area (TPSA) is 29.1 Å². The minimum Gasteiger partial charge on any atom is -0.342 e. The molecule has 0 aromatic heterocycles. The van der Waals surface area contributed by atoms with Crippen molar-refractivity contribution in [2.24, 2.45) is 5.92 Å². The van der Waals surface area contributed by atoms with Crippen LogP contribution in [0.1, 0.15) is 32.6 Å². The van der Waals surface area contributed by atoms with Crippen LogP contribution in [0.3, 0.4) is 0 Å². The lowest BCUT2D eigenvalue weighted by Gasteiger charge is -2.21. The summed E-state index contributed by atoms with van der Waals surface area (Å²) in [6.07, 6.45) is 9.10. The fourth-order valence-corrected chi connectivity index (χ4v) is 2.93. The predicted molar refractivity (Wildman–Crippen MR) is 65.7 cm³/mol. The molecule has 0 saturated carbocycles. The number of nitrogens with one attached hydrogen (secondary N) is 1. The molecule has 1 rings (SSSR count). The van der Waals surface area contributed by atoms with E-state index < -0.39 is 0 Å². The van der Waals surface area contributed by atoms with Crippen LogP contribution in [0.15, 0.2) is 0 Å². The van der Waals surface area contributed by atoms with E-state index in [1.54, 1.807) is 0 Å². The summed E-state index contributed by atoms with van der Waals surface area (Å²) in [7, 11) is 0. The lowest BCUT2D eigenvalue weighted by atomic mass is 9.98. The maximum absolute atomic E-state index is 11.6. The molecule has 1 fully saturated rings. The molecule has 0 aromatic carbocycles. The molecular weight excluding hydrogens is 206 g/mol. The van der Waals surface area contributed by atoms with Crippen molar-refractivity contribution >= 4 is 17.7 Å². The average molecular weight is 225 g/mol. The van der Waals surface area contributed by atoms with Gasteiger partial charge in [-0.15, -0.1) is 6.42 Å². The van der Waals surface area contributed by atoms with Gasteiger partial charge in [0.05, 0.1) is 6.04 Å². The first-order valence-electron chi connectivity index (χ1n) is 5.59. The van der Waals surface area contributed by atoms with Crippen LogP contribution in [0.5, 0.6) is 0 Å². The van der Waals surface area contributed by atoms with Crippen LogP contribution in [0.25, 0.3) is 0 Å². The van der Waals surface area contributed by atoms with Crippen molar-refractivity contribution in [3.63, 3.8) is 0 Å². The summed E-state index contributed by atoms with van der Waals surface area (Å²) >= 11 is 1.98. The standard InChI is InChI=1S/C12H19NOS/c1-3-11(4-2)13-12(14)9-10-5-7-15-8-6-10/h1,10-11H,4-9H2,2H3,(H,13,14). The van der Waals surface area contributed by atoms with Crippen molar-refractivity contribution in [2.75, 3.05) is 11.5 Å². The largest absolute Gasteiger partial charge is 0.342 e. The number of rotatable bonds is 4. The molecule has 0 bridgehead atoms. The molecule has 1 unspecified atom stereocenters. The third-order valence-corrected chi connectivity index (χ3v) is 3.81. The smallest absolute Gasteiger partial charge is 0.221 e. The second-order valence-corrected chi connectivity index (χ2v) is 5.18. The predicted octanol–water partition coefficient (Wildman–Crippen LogP) is 2.05. The van der Waals surface area contributed by atoms with Gasteiger partial charge in [-0.1, -0.05) is 12.8 Å². The van der Waals surface area contributed by atoms with Gasteiger partial charge in [0, 0.05) is 6.42 Å². The van der Waals surface area contributed by atoms with Gasteiger partial charge in [-0.25, -0.2) is 0 Å². The third kappa shape index (κ3) is 4.61. The van der Waals surface area contributed by atoms with Gasteiger partial charge in [0.1, 0.15) is 0 Å². The third-order valence-electron chi connectivity index (χ3n) is 2.76. The van der Waals surface area contributed by atoms with Gasteiger partial charge < -0.3 is 5.32 Å². The number of carbonyl (C=O) groups is 1. The molecule has 84 valence electrons. The maximum atomic E-state index is 11.6. The van der Waals surface area contributed by atoms with E-state index in [1.807, 2.05) is 18.7 Å². The van der Waals surface area contributed by atoms with Crippen molar-refractivity contribution in [1.29, 1.82) is 0 Å². The van der Waals surface area contributed by atoms with E-state index in [4.69, 9.17) is 6.42 Å². The minimum absolute atomic E-state index is 0.0875. The van der Waals surface area contributed by atoms with Crippen LogP contribution < -0.4 is 5.32 Å². The van der Waals surface area contributed by atoms with Gasteiger partial charge in [-0.2, -0.15) is 11.8 Å². The number of hydrogen-bond donors (Lipinski definition) is 1. The van der Waals surface area contributed by atoms with Crippen molar-refractivity contribution in [3.05, 3.63) is 0 Å². The Bertz CT molecular complexity index is 240.